The Labute approximate surface area is 259 Å². The Morgan fingerprint density at radius 1 is 1.27 bits per heavy atom. The van der Waals surface area contributed by atoms with Gasteiger partial charge in [0.25, 0.3) is 0 Å². The molecule has 2 saturated heterocycles. The molecule has 0 amide bonds. The molecule has 4 aromatic rings. The summed E-state index contributed by atoms with van der Waals surface area (Å²) in [5.41, 5.74) is 2.09. The van der Waals surface area contributed by atoms with Crippen LogP contribution in [0.4, 0.5) is 37.2 Å². The minimum atomic E-state index is -5.06. The van der Waals surface area contributed by atoms with E-state index in [1.165, 1.54) is 0 Å². The van der Waals surface area contributed by atoms with E-state index < -0.39 is 46.2 Å². The molecule has 0 radical (unpaired) electrons. The number of nitrogens with zero attached hydrogens (tertiary/aromatic N) is 5. The number of thiophene rings is 1. The first kappa shape index (κ1) is 31.2. The van der Waals surface area contributed by atoms with Crippen LogP contribution in [-0.2, 0) is 6.18 Å². The highest BCUT2D eigenvalue weighted by Gasteiger charge is 2.49. The molecule has 2 unspecified atom stereocenters. The van der Waals surface area contributed by atoms with Crippen LogP contribution in [0.1, 0.15) is 51.2 Å². The van der Waals surface area contributed by atoms with E-state index in [-0.39, 0.29) is 69.0 Å². The van der Waals surface area contributed by atoms with Crippen molar-refractivity contribution in [2.45, 2.75) is 64.0 Å². The Kier molecular flexibility index (Phi) is 7.76. The summed E-state index contributed by atoms with van der Waals surface area (Å²) >= 11 is 0.696. The second kappa shape index (κ2) is 11.2. The van der Waals surface area contributed by atoms with Gasteiger partial charge in [0.15, 0.2) is 5.82 Å². The predicted molar refractivity (Wildman–Crippen MR) is 161 cm³/mol. The molecule has 4 heterocycles. The summed E-state index contributed by atoms with van der Waals surface area (Å²) in [6.07, 6.45) is -4.26. The van der Waals surface area contributed by atoms with Gasteiger partial charge in [0, 0.05) is 41.9 Å². The Morgan fingerprint density at radius 3 is 2.69 bits per heavy atom. The number of ether oxygens (including phenoxy) is 1. The minimum absolute atomic E-state index is 0.0274. The minimum Gasteiger partial charge on any atom is -0.461 e. The van der Waals surface area contributed by atoms with Crippen molar-refractivity contribution in [1.29, 1.82) is 5.26 Å². The van der Waals surface area contributed by atoms with Crippen LogP contribution in [0.3, 0.4) is 0 Å². The second-order valence-corrected chi connectivity index (χ2v) is 12.9. The summed E-state index contributed by atoms with van der Waals surface area (Å²) in [7, 11) is 0. The molecule has 0 aliphatic carbocycles. The Morgan fingerprint density at radius 2 is 2.02 bits per heavy atom. The lowest BCUT2D eigenvalue weighted by Crippen LogP contribution is -2.43. The van der Waals surface area contributed by atoms with E-state index in [1.807, 2.05) is 24.8 Å². The van der Waals surface area contributed by atoms with Gasteiger partial charge in [0.1, 0.15) is 41.0 Å². The Bertz CT molecular complexity index is 1850. The number of nitrogens with two attached hydrogens (primary N) is 1. The third kappa shape index (κ3) is 5.10. The molecule has 0 spiro atoms. The van der Waals surface area contributed by atoms with Crippen LogP contribution < -0.4 is 15.4 Å². The summed E-state index contributed by atoms with van der Waals surface area (Å²) in [5, 5.41) is 9.24. The molecule has 238 valence electrons. The molecule has 14 heteroatoms. The van der Waals surface area contributed by atoms with Gasteiger partial charge in [-0.3, -0.25) is 4.90 Å². The van der Waals surface area contributed by atoms with Gasteiger partial charge in [0.2, 0.25) is 0 Å². The van der Waals surface area contributed by atoms with Crippen LogP contribution in [0.5, 0.6) is 6.01 Å². The molecular weight excluding hydrogens is 618 g/mol. The quantitative estimate of drug-likeness (QED) is 0.208. The number of nitrogen functional groups attached to an aromatic ring is 1. The zero-order valence-corrected chi connectivity index (χ0v) is 25.6. The zero-order chi connectivity index (χ0) is 32.4. The standard InChI is InChI=1S/C31H30F6N6OS/c1-4-43(15(2)3)28-18-10-20(31(35,36)37)23(17-6-7-21(33)26-22(17)19(12-38)27(39)45-26)24(34)25(18)40-29(41-28)44-14-30-8-5-9-42(30)13-16(32)11-30/h6-7,10,15-16H,4-5,8-9,11,13-14,39H2,1-3H3. The number of hydrogen-bond acceptors (Lipinski definition) is 8. The fraction of sp³-hybridized carbons (Fsp3) is 0.452. The first-order chi connectivity index (χ1) is 21.3. The summed E-state index contributed by atoms with van der Waals surface area (Å²) in [6.45, 7) is 6.79. The molecule has 6 rings (SSSR count). The van der Waals surface area contributed by atoms with Crippen molar-refractivity contribution < 1.29 is 31.1 Å². The topological polar surface area (TPSA) is 91.3 Å². The third-order valence-electron chi connectivity index (χ3n) is 8.86. The number of alkyl halides is 4. The van der Waals surface area contributed by atoms with E-state index >= 15 is 4.39 Å². The van der Waals surface area contributed by atoms with Gasteiger partial charge < -0.3 is 15.4 Å². The Balaban J connectivity index is 1.62. The van der Waals surface area contributed by atoms with Crippen molar-refractivity contribution in [3.05, 3.63) is 41.0 Å². The summed E-state index contributed by atoms with van der Waals surface area (Å²) < 4.78 is 96.2. The normalized spacial score (nSPS) is 20.3. The third-order valence-corrected chi connectivity index (χ3v) is 9.89. The first-order valence-electron chi connectivity index (χ1n) is 14.6. The monoisotopic (exact) mass is 648 g/mol. The SMILES string of the molecule is CCN(c1nc(OCC23CCCN2CC(F)C3)nc2c(F)c(-c3ccc(F)c4sc(N)c(C#N)c34)c(C(F)(F)F)cc12)C(C)C. The van der Waals surface area contributed by atoms with Crippen LogP contribution in [-0.4, -0.2) is 58.9 Å². The first-order valence-corrected chi connectivity index (χ1v) is 15.4. The zero-order valence-electron chi connectivity index (χ0n) is 24.7. The number of rotatable bonds is 7. The second-order valence-electron chi connectivity index (χ2n) is 11.8. The van der Waals surface area contributed by atoms with Gasteiger partial charge in [-0.15, -0.1) is 11.3 Å². The van der Waals surface area contributed by atoms with Crippen molar-refractivity contribution in [3.63, 3.8) is 0 Å². The van der Waals surface area contributed by atoms with Gasteiger partial charge in [0.05, 0.1) is 21.4 Å². The van der Waals surface area contributed by atoms with E-state index in [1.54, 1.807) is 11.8 Å². The van der Waals surface area contributed by atoms with Gasteiger partial charge in [-0.05, 0) is 57.9 Å². The molecule has 7 nitrogen and oxygen atoms in total. The fourth-order valence-electron chi connectivity index (χ4n) is 6.88. The lowest BCUT2D eigenvalue weighted by Gasteiger charge is -2.31. The summed E-state index contributed by atoms with van der Waals surface area (Å²) in [5.74, 6) is -2.10. The molecule has 0 saturated carbocycles. The highest BCUT2D eigenvalue weighted by molar-refractivity contribution is 7.23. The van der Waals surface area contributed by atoms with Crippen molar-refractivity contribution in [2.75, 3.05) is 36.9 Å². The molecular formula is C31H30F6N6OS. The van der Waals surface area contributed by atoms with Crippen LogP contribution in [0, 0.1) is 23.0 Å². The van der Waals surface area contributed by atoms with E-state index in [2.05, 4.69) is 9.97 Å². The van der Waals surface area contributed by atoms with Crippen molar-refractivity contribution >= 4 is 43.1 Å². The van der Waals surface area contributed by atoms with Gasteiger partial charge in [-0.25, -0.2) is 13.2 Å². The maximum atomic E-state index is 16.8. The van der Waals surface area contributed by atoms with Gasteiger partial charge >= 0.3 is 12.2 Å². The highest BCUT2D eigenvalue weighted by atomic mass is 32.1. The van der Waals surface area contributed by atoms with Crippen LogP contribution in [0.25, 0.3) is 32.1 Å². The van der Waals surface area contributed by atoms with Crippen molar-refractivity contribution in [2.24, 2.45) is 0 Å². The number of hydrogen-bond donors (Lipinski definition) is 1. The van der Waals surface area contributed by atoms with E-state index in [0.717, 1.165) is 24.6 Å². The summed E-state index contributed by atoms with van der Waals surface area (Å²) in [6, 6.07) is 4.04. The molecule has 2 N–H and O–H groups in total. The number of aromatic nitrogens is 2. The molecule has 2 aromatic heterocycles. The molecule has 2 aromatic carbocycles. The van der Waals surface area contributed by atoms with Gasteiger partial charge in [-0.2, -0.15) is 28.4 Å². The molecule has 2 aliphatic rings. The maximum absolute atomic E-state index is 16.8. The predicted octanol–water partition coefficient (Wildman–Crippen LogP) is 7.45. The number of nitriles is 1. The molecule has 2 atom stereocenters. The molecule has 2 aliphatic heterocycles. The average Bonchev–Trinajstić information content (AvgIpc) is 3.61. The lowest BCUT2D eigenvalue weighted by molar-refractivity contribution is -0.137. The Hall–Kier alpha value is -3.83. The molecule has 45 heavy (non-hydrogen) atoms. The van der Waals surface area contributed by atoms with Crippen LogP contribution in [0.2, 0.25) is 0 Å². The smallest absolute Gasteiger partial charge is 0.417 e. The highest BCUT2D eigenvalue weighted by Crippen LogP contribution is 2.48. The lowest BCUT2D eigenvalue weighted by atomic mass is 9.92. The largest absolute Gasteiger partial charge is 0.461 e. The molecule has 2 fully saturated rings. The maximum Gasteiger partial charge on any atom is 0.417 e. The number of benzene rings is 2. The van der Waals surface area contributed by atoms with Crippen molar-refractivity contribution in [1.82, 2.24) is 14.9 Å². The van der Waals surface area contributed by atoms with Crippen LogP contribution >= 0.6 is 11.3 Å². The van der Waals surface area contributed by atoms with Crippen molar-refractivity contribution in [3.8, 4) is 23.2 Å². The van der Waals surface area contributed by atoms with E-state index in [0.29, 0.717) is 30.8 Å². The van der Waals surface area contributed by atoms with E-state index in [9.17, 15) is 27.2 Å². The van der Waals surface area contributed by atoms with Gasteiger partial charge in [-0.1, -0.05) is 6.07 Å². The van der Waals surface area contributed by atoms with E-state index in [4.69, 9.17) is 10.5 Å². The summed E-state index contributed by atoms with van der Waals surface area (Å²) in [4.78, 5) is 12.5. The number of anilines is 2. The molecule has 0 bridgehead atoms. The fourth-order valence-corrected chi connectivity index (χ4v) is 7.83. The number of fused-ring (bicyclic) bond motifs is 3. The van der Waals surface area contributed by atoms with Crippen LogP contribution in [0.15, 0.2) is 18.2 Å². The number of halogens is 6. The average molecular weight is 649 g/mol.